The summed E-state index contributed by atoms with van der Waals surface area (Å²) in [5.74, 6) is -0.570. The summed E-state index contributed by atoms with van der Waals surface area (Å²) in [5.41, 5.74) is 0.499. The predicted molar refractivity (Wildman–Crippen MR) is 124 cm³/mol. The van der Waals surface area contributed by atoms with Crippen molar-refractivity contribution in [3.63, 3.8) is 0 Å². The third-order valence-corrected chi connectivity index (χ3v) is 5.26. The third-order valence-electron chi connectivity index (χ3n) is 3.24. The van der Waals surface area contributed by atoms with Crippen LogP contribution in [-0.2, 0) is 0 Å². The summed E-state index contributed by atoms with van der Waals surface area (Å²) in [6, 6.07) is 9.37. The van der Waals surface area contributed by atoms with E-state index < -0.39 is 15.9 Å². The van der Waals surface area contributed by atoms with Crippen LogP contribution in [0, 0.1) is 0 Å². The lowest BCUT2D eigenvalue weighted by molar-refractivity contribution is 0.0934. The Morgan fingerprint density at radius 2 is 1.50 bits per heavy atom. The van der Waals surface area contributed by atoms with E-state index in [-0.39, 0.29) is 25.7 Å². The molecule has 2 aromatic rings. The number of alkyl halides is 3. The highest BCUT2D eigenvalue weighted by Crippen LogP contribution is 2.34. The zero-order valence-corrected chi connectivity index (χ0v) is 19.6. The number of carbonyl (C=O) groups excluding carboxylic acids is 1. The number of halogens is 7. The molecule has 4 nitrogen and oxygen atoms in total. The molecule has 0 aliphatic heterocycles. The van der Waals surface area contributed by atoms with Crippen LogP contribution in [0.25, 0.3) is 0 Å². The van der Waals surface area contributed by atoms with Gasteiger partial charge in [-0.15, -0.1) is 0 Å². The molecule has 28 heavy (non-hydrogen) atoms. The molecule has 0 aliphatic carbocycles. The van der Waals surface area contributed by atoms with Crippen molar-refractivity contribution in [1.29, 1.82) is 0 Å². The average Bonchev–Trinajstić information content (AvgIpc) is 2.57. The number of thiocarbonyl (C=S) groups is 1. The van der Waals surface area contributed by atoms with Gasteiger partial charge in [-0.05, 0) is 36.5 Å². The van der Waals surface area contributed by atoms with E-state index in [9.17, 15) is 4.79 Å². The summed E-state index contributed by atoms with van der Waals surface area (Å²) in [7, 11) is 0. The molecule has 0 heterocycles. The Kier molecular flexibility index (Phi) is 8.62. The highest BCUT2D eigenvalue weighted by molar-refractivity contribution is 7.80. The first-order valence-corrected chi connectivity index (χ1v) is 10.4. The van der Waals surface area contributed by atoms with Crippen LogP contribution in [0.2, 0.25) is 20.1 Å². The molecular weight excluding hydrogens is 530 g/mol. The Bertz CT molecular complexity index is 881. The van der Waals surface area contributed by atoms with Gasteiger partial charge in [0.1, 0.15) is 6.17 Å². The second-order valence-electron chi connectivity index (χ2n) is 5.27. The molecule has 12 heteroatoms. The van der Waals surface area contributed by atoms with Gasteiger partial charge in [0, 0.05) is 5.02 Å². The average molecular weight is 541 g/mol. The van der Waals surface area contributed by atoms with Gasteiger partial charge in [0.15, 0.2) is 5.11 Å². The second kappa shape index (κ2) is 10.1. The first-order valence-electron chi connectivity index (χ1n) is 7.33. The van der Waals surface area contributed by atoms with Crippen LogP contribution < -0.4 is 16.0 Å². The minimum absolute atomic E-state index is 0.0121. The minimum atomic E-state index is -1.95. The minimum Gasteiger partial charge on any atom is -0.339 e. The summed E-state index contributed by atoms with van der Waals surface area (Å²) in [4.78, 5) is 12.5. The van der Waals surface area contributed by atoms with Gasteiger partial charge in [-0.25, -0.2) is 0 Å². The van der Waals surface area contributed by atoms with Crippen LogP contribution in [0.5, 0.6) is 0 Å². The fourth-order valence-electron chi connectivity index (χ4n) is 2.00. The van der Waals surface area contributed by atoms with Crippen molar-refractivity contribution in [2.45, 2.75) is 9.96 Å². The van der Waals surface area contributed by atoms with Crippen molar-refractivity contribution in [3.05, 3.63) is 62.1 Å². The Morgan fingerprint density at radius 3 is 2.04 bits per heavy atom. The molecule has 0 fully saturated rings. The van der Waals surface area contributed by atoms with E-state index in [1.54, 1.807) is 18.2 Å². The molecule has 0 unspecified atom stereocenters. The van der Waals surface area contributed by atoms with Crippen LogP contribution in [-0.4, -0.2) is 21.0 Å². The fraction of sp³-hybridized carbons (Fsp3) is 0.125. The van der Waals surface area contributed by atoms with Gasteiger partial charge in [-0.2, -0.15) is 0 Å². The van der Waals surface area contributed by atoms with E-state index in [1.807, 2.05) is 0 Å². The van der Waals surface area contributed by atoms with Crippen molar-refractivity contribution < 1.29 is 4.79 Å². The highest BCUT2D eigenvalue weighted by Gasteiger charge is 2.35. The maximum Gasteiger partial charge on any atom is 0.254 e. The number of amides is 1. The smallest absolute Gasteiger partial charge is 0.254 e. The van der Waals surface area contributed by atoms with Crippen LogP contribution >= 0.6 is 93.4 Å². The van der Waals surface area contributed by atoms with Crippen LogP contribution in [0.4, 0.5) is 5.69 Å². The number of benzene rings is 2. The molecule has 2 aromatic carbocycles. The highest BCUT2D eigenvalue weighted by atomic mass is 35.6. The van der Waals surface area contributed by atoms with Gasteiger partial charge in [-0.3, -0.25) is 4.79 Å². The van der Waals surface area contributed by atoms with E-state index in [1.165, 1.54) is 18.2 Å². The summed E-state index contributed by atoms with van der Waals surface area (Å²) < 4.78 is -1.95. The monoisotopic (exact) mass is 537 g/mol. The summed E-state index contributed by atoms with van der Waals surface area (Å²) in [6.45, 7) is 0. The number of anilines is 1. The Labute approximate surface area is 201 Å². The van der Waals surface area contributed by atoms with Gasteiger partial charge >= 0.3 is 0 Å². The zero-order chi connectivity index (χ0) is 21.1. The van der Waals surface area contributed by atoms with Crippen molar-refractivity contribution in [2.75, 3.05) is 5.32 Å². The quantitative estimate of drug-likeness (QED) is 0.229. The molecule has 3 N–H and O–H groups in total. The molecule has 0 bridgehead atoms. The number of rotatable bonds is 4. The van der Waals surface area contributed by atoms with E-state index >= 15 is 0 Å². The standard InChI is InChI=1S/C16H10Cl7N3OS/c17-7-5-10(19)12(11(20)6-7)24-15(28)26-14(16(21,22)23)25-13(27)8-3-1-2-4-9(8)18/h1-6,14H,(H,25,27)(H2,24,26,28)/t14-/m0/s1. The molecular formula is C16H10Cl7N3OS. The second-order valence-corrected chi connectivity index (χ2v) is 9.71. The van der Waals surface area contributed by atoms with E-state index in [0.29, 0.717) is 10.7 Å². The van der Waals surface area contributed by atoms with Gasteiger partial charge in [0.05, 0.1) is 26.3 Å². The van der Waals surface area contributed by atoms with Gasteiger partial charge in [0.2, 0.25) is 3.79 Å². The number of carbonyl (C=O) groups is 1. The Morgan fingerprint density at radius 1 is 0.929 bits per heavy atom. The Balaban J connectivity index is 2.16. The van der Waals surface area contributed by atoms with Crippen LogP contribution in [0.3, 0.4) is 0 Å². The van der Waals surface area contributed by atoms with E-state index in [4.69, 9.17) is 93.4 Å². The summed E-state index contributed by atoms with van der Waals surface area (Å²) in [6.07, 6.45) is -1.20. The molecule has 0 aliphatic rings. The maximum atomic E-state index is 12.5. The van der Waals surface area contributed by atoms with Gasteiger partial charge < -0.3 is 16.0 Å². The Hall–Kier alpha value is -0.370. The van der Waals surface area contributed by atoms with Crippen LogP contribution in [0.15, 0.2) is 36.4 Å². The molecule has 150 valence electrons. The van der Waals surface area contributed by atoms with Crippen molar-refractivity contribution in [3.8, 4) is 0 Å². The number of hydrogen-bond acceptors (Lipinski definition) is 2. The zero-order valence-electron chi connectivity index (χ0n) is 13.5. The van der Waals surface area contributed by atoms with Gasteiger partial charge in [-0.1, -0.05) is 93.3 Å². The third kappa shape index (κ3) is 6.57. The molecule has 1 amide bonds. The lowest BCUT2D eigenvalue weighted by Gasteiger charge is -2.28. The topological polar surface area (TPSA) is 53.2 Å². The lowest BCUT2D eigenvalue weighted by atomic mass is 10.2. The van der Waals surface area contributed by atoms with Crippen LogP contribution in [0.1, 0.15) is 10.4 Å². The van der Waals surface area contributed by atoms with Crippen molar-refractivity contribution in [1.82, 2.24) is 10.6 Å². The van der Waals surface area contributed by atoms with Crippen molar-refractivity contribution >= 4 is 110 Å². The molecule has 2 rings (SSSR count). The first kappa shape index (κ1) is 23.9. The number of hydrogen-bond donors (Lipinski definition) is 3. The maximum absolute atomic E-state index is 12.5. The van der Waals surface area contributed by atoms with E-state index in [2.05, 4.69) is 16.0 Å². The SMILES string of the molecule is O=C(N[C@@H](NC(=S)Nc1c(Cl)cc(Cl)cc1Cl)C(Cl)(Cl)Cl)c1ccccc1Cl. The molecule has 0 aromatic heterocycles. The number of nitrogens with one attached hydrogen (secondary N) is 3. The summed E-state index contributed by atoms with van der Waals surface area (Å²) in [5, 5.41) is 9.03. The lowest BCUT2D eigenvalue weighted by Crippen LogP contribution is -2.56. The van der Waals surface area contributed by atoms with E-state index in [0.717, 1.165) is 0 Å². The van der Waals surface area contributed by atoms with Gasteiger partial charge in [0.25, 0.3) is 5.91 Å². The molecule has 0 saturated carbocycles. The molecule has 0 spiro atoms. The summed E-state index contributed by atoms with van der Waals surface area (Å²) >= 11 is 47.2. The first-order chi connectivity index (χ1) is 13.0. The molecule has 1 atom stereocenters. The van der Waals surface area contributed by atoms with Crippen molar-refractivity contribution in [2.24, 2.45) is 0 Å². The largest absolute Gasteiger partial charge is 0.339 e. The molecule has 0 saturated heterocycles. The predicted octanol–water partition coefficient (Wildman–Crippen LogP) is 6.71. The molecule has 0 radical (unpaired) electrons. The normalized spacial score (nSPS) is 12.2. The fourth-order valence-corrected chi connectivity index (χ4v) is 3.68.